The zero-order valence-corrected chi connectivity index (χ0v) is 14.6. The summed E-state index contributed by atoms with van der Waals surface area (Å²) in [5.74, 6) is 0.782. The lowest BCUT2D eigenvalue weighted by atomic mass is 10.2. The van der Waals surface area contributed by atoms with E-state index in [1.807, 2.05) is 42.5 Å². The van der Waals surface area contributed by atoms with Gasteiger partial charge in [-0.1, -0.05) is 30.3 Å². The van der Waals surface area contributed by atoms with Crippen LogP contribution in [-0.4, -0.2) is 9.97 Å². The molecule has 0 spiro atoms. The maximum Gasteiger partial charge on any atom is 0.142 e. The van der Waals surface area contributed by atoms with Crippen LogP contribution >= 0.6 is 23.1 Å². The van der Waals surface area contributed by atoms with E-state index in [0.29, 0.717) is 0 Å². The van der Waals surface area contributed by atoms with Crippen LogP contribution in [0.5, 0.6) is 0 Å². The Morgan fingerprint density at radius 1 is 1.00 bits per heavy atom. The van der Waals surface area contributed by atoms with E-state index in [2.05, 4.69) is 38.9 Å². The van der Waals surface area contributed by atoms with Crippen molar-refractivity contribution in [1.29, 1.82) is 5.26 Å². The highest BCUT2D eigenvalue weighted by atomic mass is 32.2. The van der Waals surface area contributed by atoms with Crippen molar-refractivity contribution in [3.8, 4) is 15.8 Å². The number of fused-ring (bicyclic) bond motifs is 1. The summed E-state index contributed by atoms with van der Waals surface area (Å²) in [5, 5.41) is 15.1. The molecule has 0 radical (unpaired) electrons. The van der Waals surface area contributed by atoms with Crippen molar-refractivity contribution in [2.45, 2.75) is 4.90 Å². The molecule has 0 atom stereocenters. The largest absolute Gasteiger partial charge is 0.340 e. The number of thiophene rings is 1. The van der Waals surface area contributed by atoms with Crippen LogP contribution in [0.1, 0.15) is 0 Å². The Morgan fingerprint density at radius 2 is 1.80 bits per heavy atom. The third kappa shape index (κ3) is 3.33. The molecule has 0 aliphatic rings. The van der Waals surface area contributed by atoms with E-state index in [9.17, 15) is 0 Å². The molecule has 0 unspecified atom stereocenters. The van der Waals surface area contributed by atoms with Gasteiger partial charge in [0.2, 0.25) is 0 Å². The van der Waals surface area contributed by atoms with Crippen LogP contribution in [0.25, 0.3) is 20.7 Å². The van der Waals surface area contributed by atoms with Crippen LogP contribution in [-0.2, 0) is 0 Å². The van der Waals surface area contributed by atoms with Crippen molar-refractivity contribution >= 4 is 44.8 Å². The Kier molecular flexibility index (Phi) is 4.34. The number of nitrogens with zero attached hydrogens (tertiary/aromatic N) is 3. The van der Waals surface area contributed by atoms with Crippen LogP contribution in [0.3, 0.4) is 0 Å². The number of hydrogen-bond donors (Lipinski definition) is 1. The molecule has 0 aliphatic carbocycles. The van der Waals surface area contributed by atoms with E-state index in [4.69, 9.17) is 5.26 Å². The molecule has 1 N–H and O–H groups in total. The molecule has 120 valence electrons. The van der Waals surface area contributed by atoms with Crippen molar-refractivity contribution < 1.29 is 0 Å². The highest BCUT2D eigenvalue weighted by Gasteiger charge is 2.10. The molecule has 6 heteroatoms. The van der Waals surface area contributed by atoms with Gasteiger partial charge in [-0.3, -0.25) is 0 Å². The van der Waals surface area contributed by atoms with E-state index >= 15 is 0 Å². The van der Waals surface area contributed by atoms with Crippen LogP contribution in [0.15, 0.2) is 71.9 Å². The lowest BCUT2D eigenvalue weighted by Gasteiger charge is -2.06. The molecule has 2 aromatic carbocycles. The van der Waals surface area contributed by atoms with Crippen molar-refractivity contribution in [3.63, 3.8) is 0 Å². The molecule has 4 aromatic rings. The maximum absolute atomic E-state index is 8.72. The molecule has 2 aromatic heterocycles. The number of anilines is 2. The van der Waals surface area contributed by atoms with E-state index < -0.39 is 0 Å². The summed E-state index contributed by atoms with van der Waals surface area (Å²) >= 11 is 2.80. The quantitative estimate of drug-likeness (QED) is 0.375. The summed E-state index contributed by atoms with van der Waals surface area (Å²) < 4.78 is 0. The SMILES string of the molecule is N#CSc1ccc(Nc2ncnc3sc(-c4ccccc4)cc23)cc1. The summed E-state index contributed by atoms with van der Waals surface area (Å²) in [6, 6.07) is 20.1. The Bertz CT molecular complexity index is 1050. The van der Waals surface area contributed by atoms with Crippen LogP contribution in [0.2, 0.25) is 0 Å². The van der Waals surface area contributed by atoms with Gasteiger partial charge in [0, 0.05) is 15.5 Å². The van der Waals surface area contributed by atoms with Gasteiger partial charge < -0.3 is 5.32 Å². The first kappa shape index (κ1) is 15.6. The molecule has 2 heterocycles. The molecule has 4 rings (SSSR count). The van der Waals surface area contributed by atoms with Crippen molar-refractivity contribution in [2.75, 3.05) is 5.32 Å². The topological polar surface area (TPSA) is 61.6 Å². The molecule has 0 aliphatic heterocycles. The normalized spacial score (nSPS) is 10.5. The summed E-state index contributed by atoms with van der Waals surface area (Å²) in [7, 11) is 0. The summed E-state index contributed by atoms with van der Waals surface area (Å²) in [4.78, 5) is 11.8. The molecular formula is C19H12N4S2. The predicted molar refractivity (Wildman–Crippen MR) is 104 cm³/mol. The van der Waals surface area contributed by atoms with Gasteiger partial charge in [-0.05, 0) is 47.7 Å². The second-order valence-electron chi connectivity index (χ2n) is 5.26. The van der Waals surface area contributed by atoms with Gasteiger partial charge >= 0.3 is 0 Å². The van der Waals surface area contributed by atoms with Gasteiger partial charge in [-0.25, -0.2) is 9.97 Å². The van der Waals surface area contributed by atoms with Crippen molar-refractivity contribution in [2.24, 2.45) is 0 Å². The second kappa shape index (κ2) is 6.93. The highest BCUT2D eigenvalue weighted by Crippen LogP contribution is 2.35. The minimum absolute atomic E-state index is 0.782. The average Bonchev–Trinajstić information content (AvgIpc) is 3.10. The molecule has 0 amide bonds. The summed E-state index contributed by atoms with van der Waals surface area (Å²) in [6.45, 7) is 0. The number of thiocyanates is 1. The number of benzene rings is 2. The Morgan fingerprint density at radius 3 is 2.56 bits per heavy atom. The third-order valence-electron chi connectivity index (χ3n) is 3.67. The Balaban J connectivity index is 1.68. The fourth-order valence-electron chi connectivity index (χ4n) is 2.50. The number of rotatable bonds is 4. The summed E-state index contributed by atoms with van der Waals surface area (Å²) in [6.07, 6.45) is 1.58. The van der Waals surface area contributed by atoms with E-state index in [0.717, 1.165) is 38.4 Å². The first-order chi connectivity index (χ1) is 12.3. The van der Waals surface area contributed by atoms with Gasteiger partial charge in [0.05, 0.1) is 5.39 Å². The highest BCUT2D eigenvalue weighted by molar-refractivity contribution is 8.03. The van der Waals surface area contributed by atoms with Crippen LogP contribution in [0.4, 0.5) is 11.5 Å². The monoisotopic (exact) mass is 360 g/mol. The van der Waals surface area contributed by atoms with Gasteiger partial charge in [0.15, 0.2) is 0 Å². The molecule has 0 bridgehead atoms. The molecule has 0 saturated carbocycles. The number of hydrogen-bond acceptors (Lipinski definition) is 6. The van der Waals surface area contributed by atoms with Crippen molar-refractivity contribution in [1.82, 2.24) is 9.97 Å². The average molecular weight is 360 g/mol. The fourth-order valence-corrected chi connectivity index (χ4v) is 3.88. The van der Waals surface area contributed by atoms with Crippen molar-refractivity contribution in [3.05, 3.63) is 67.0 Å². The number of thioether (sulfide) groups is 1. The van der Waals surface area contributed by atoms with Gasteiger partial charge in [0.25, 0.3) is 0 Å². The first-order valence-electron chi connectivity index (χ1n) is 7.56. The minimum Gasteiger partial charge on any atom is -0.340 e. The van der Waals surface area contributed by atoms with Crippen LogP contribution < -0.4 is 5.32 Å². The second-order valence-corrected chi connectivity index (χ2v) is 7.15. The first-order valence-corrected chi connectivity index (χ1v) is 9.20. The maximum atomic E-state index is 8.72. The molecule has 25 heavy (non-hydrogen) atoms. The number of nitrogens with one attached hydrogen (secondary N) is 1. The van der Waals surface area contributed by atoms with Gasteiger partial charge in [-0.15, -0.1) is 11.3 Å². The molecule has 0 saturated heterocycles. The fraction of sp³-hybridized carbons (Fsp3) is 0. The van der Waals surface area contributed by atoms with Gasteiger partial charge in [-0.2, -0.15) is 5.26 Å². The predicted octanol–water partition coefficient (Wildman–Crippen LogP) is 5.68. The van der Waals surface area contributed by atoms with Crippen LogP contribution in [0, 0.1) is 10.7 Å². The molecule has 4 nitrogen and oxygen atoms in total. The number of aromatic nitrogens is 2. The Labute approximate surface area is 153 Å². The Hall–Kier alpha value is -2.88. The van der Waals surface area contributed by atoms with Gasteiger partial charge in [0.1, 0.15) is 22.4 Å². The minimum atomic E-state index is 0.782. The lowest BCUT2D eigenvalue weighted by molar-refractivity contribution is 1.23. The molecular weight excluding hydrogens is 348 g/mol. The standard InChI is InChI=1S/C19H12N4S2/c20-11-24-15-8-6-14(7-9-15)23-18-16-10-17(13-4-2-1-3-5-13)25-19(16)22-12-21-18/h1-10,12H,(H,21,22,23). The zero-order valence-electron chi connectivity index (χ0n) is 13.0. The zero-order chi connectivity index (χ0) is 17.1. The lowest BCUT2D eigenvalue weighted by Crippen LogP contribution is -1.94. The smallest absolute Gasteiger partial charge is 0.142 e. The van der Waals surface area contributed by atoms with E-state index in [-0.39, 0.29) is 0 Å². The number of nitriles is 1. The summed E-state index contributed by atoms with van der Waals surface area (Å²) in [5.41, 5.74) is 2.10. The third-order valence-corrected chi connectivity index (χ3v) is 5.36. The molecule has 0 fully saturated rings. The van der Waals surface area contributed by atoms with E-state index in [1.165, 1.54) is 10.4 Å². The van der Waals surface area contributed by atoms with E-state index in [1.54, 1.807) is 17.7 Å².